The summed E-state index contributed by atoms with van der Waals surface area (Å²) in [5, 5.41) is 9.92. The standard InChI is InChI=1S/C15H19NO3/c1-15(2,19-3)7-9-16-8-6-11-10-12(14(17)18)4-5-13(11)16/h4-6,8,10H,7,9H2,1-3H3,(H,17,18). The molecule has 1 aromatic carbocycles. The van der Waals surface area contributed by atoms with Crippen molar-refractivity contribution in [1.29, 1.82) is 0 Å². The second kappa shape index (κ2) is 5.05. The number of rotatable bonds is 5. The van der Waals surface area contributed by atoms with Crippen LogP contribution in [0.25, 0.3) is 10.9 Å². The fraction of sp³-hybridized carbons (Fsp3) is 0.400. The molecular formula is C15H19NO3. The maximum Gasteiger partial charge on any atom is 0.335 e. The highest BCUT2D eigenvalue weighted by Gasteiger charge is 2.16. The van der Waals surface area contributed by atoms with Crippen LogP contribution in [0, 0.1) is 0 Å². The first kappa shape index (κ1) is 13.6. The summed E-state index contributed by atoms with van der Waals surface area (Å²) in [5.41, 5.74) is 1.22. The van der Waals surface area contributed by atoms with Crippen LogP contribution in [0.2, 0.25) is 0 Å². The third kappa shape index (κ3) is 2.96. The van der Waals surface area contributed by atoms with E-state index in [0.717, 1.165) is 23.9 Å². The molecule has 0 radical (unpaired) electrons. The number of hydrogen-bond acceptors (Lipinski definition) is 2. The number of carbonyl (C=O) groups is 1. The quantitative estimate of drug-likeness (QED) is 0.899. The first-order valence-electron chi connectivity index (χ1n) is 6.30. The molecule has 0 aliphatic carbocycles. The van der Waals surface area contributed by atoms with Crippen LogP contribution in [0.5, 0.6) is 0 Å². The van der Waals surface area contributed by atoms with Crippen molar-refractivity contribution in [3.05, 3.63) is 36.0 Å². The SMILES string of the molecule is COC(C)(C)CCn1ccc2cc(C(=O)O)ccc21. The second-order valence-electron chi connectivity index (χ2n) is 5.30. The predicted molar refractivity (Wildman–Crippen MR) is 74.6 cm³/mol. The summed E-state index contributed by atoms with van der Waals surface area (Å²) < 4.78 is 7.53. The highest BCUT2D eigenvalue weighted by atomic mass is 16.5. The van der Waals surface area contributed by atoms with Gasteiger partial charge in [-0.1, -0.05) is 0 Å². The molecule has 0 atom stereocenters. The number of aryl methyl sites for hydroxylation is 1. The predicted octanol–water partition coefficient (Wildman–Crippen LogP) is 3.15. The number of hydrogen-bond donors (Lipinski definition) is 1. The number of aromatic carboxylic acids is 1. The molecule has 0 aliphatic heterocycles. The normalized spacial score (nSPS) is 11.9. The van der Waals surface area contributed by atoms with Gasteiger partial charge in [-0.3, -0.25) is 0 Å². The Kier molecular flexibility index (Phi) is 3.62. The van der Waals surface area contributed by atoms with Gasteiger partial charge in [-0.05, 0) is 44.5 Å². The van der Waals surface area contributed by atoms with Gasteiger partial charge in [0.1, 0.15) is 0 Å². The molecule has 19 heavy (non-hydrogen) atoms. The fourth-order valence-corrected chi connectivity index (χ4v) is 2.02. The molecule has 0 saturated heterocycles. The molecule has 1 heterocycles. The van der Waals surface area contributed by atoms with Gasteiger partial charge in [-0.25, -0.2) is 4.79 Å². The first-order chi connectivity index (χ1) is 8.93. The summed E-state index contributed by atoms with van der Waals surface area (Å²) in [7, 11) is 1.72. The van der Waals surface area contributed by atoms with E-state index in [4.69, 9.17) is 9.84 Å². The molecule has 2 aromatic rings. The van der Waals surface area contributed by atoms with Crippen LogP contribution in [-0.4, -0.2) is 28.4 Å². The fourth-order valence-electron chi connectivity index (χ4n) is 2.02. The number of carboxylic acid groups (broad SMARTS) is 1. The molecule has 1 N–H and O–H groups in total. The molecule has 0 unspecified atom stereocenters. The van der Waals surface area contributed by atoms with Crippen LogP contribution < -0.4 is 0 Å². The van der Waals surface area contributed by atoms with E-state index < -0.39 is 5.97 Å². The zero-order valence-electron chi connectivity index (χ0n) is 11.5. The van der Waals surface area contributed by atoms with Crippen molar-refractivity contribution in [3.63, 3.8) is 0 Å². The Hall–Kier alpha value is -1.81. The van der Waals surface area contributed by atoms with E-state index in [1.54, 1.807) is 19.2 Å². The van der Waals surface area contributed by atoms with Crippen LogP contribution in [0.3, 0.4) is 0 Å². The topological polar surface area (TPSA) is 51.5 Å². The van der Waals surface area contributed by atoms with Crippen molar-refractivity contribution >= 4 is 16.9 Å². The summed E-state index contributed by atoms with van der Waals surface area (Å²) in [6.45, 7) is 4.96. The first-order valence-corrected chi connectivity index (χ1v) is 6.30. The minimum atomic E-state index is -0.893. The smallest absolute Gasteiger partial charge is 0.335 e. The van der Waals surface area contributed by atoms with Crippen molar-refractivity contribution in [2.75, 3.05) is 7.11 Å². The van der Waals surface area contributed by atoms with E-state index in [-0.39, 0.29) is 5.60 Å². The number of benzene rings is 1. The zero-order chi connectivity index (χ0) is 14.0. The zero-order valence-corrected chi connectivity index (χ0v) is 11.5. The summed E-state index contributed by atoms with van der Waals surface area (Å²) >= 11 is 0. The lowest BCUT2D eigenvalue weighted by Crippen LogP contribution is -2.24. The van der Waals surface area contributed by atoms with Gasteiger partial charge >= 0.3 is 5.97 Å². The number of fused-ring (bicyclic) bond motifs is 1. The molecular weight excluding hydrogens is 242 g/mol. The summed E-state index contributed by atoms with van der Waals surface area (Å²) in [6, 6.07) is 7.15. The Labute approximate surface area is 112 Å². The summed E-state index contributed by atoms with van der Waals surface area (Å²) in [4.78, 5) is 10.9. The third-order valence-electron chi connectivity index (χ3n) is 3.53. The minimum absolute atomic E-state index is 0.155. The highest BCUT2D eigenvalue weighted by molar-refractivity contribution is 5.93. The minimum Gasteiger partial charge on any atom is -0.478 e. The van der Waals surface area contributed by atoms with E-state index >= 15 is 0 Å². The summed E-state index contributed by atoms with van der Waals surface area (Å²) in [5.74, 6) is -0.893. The third-order valence-corrected chi connectivity index (χ3v) is 3.53. The molecule has 0 spiro atoms. The van der Waals surface area contributed by atoms with Gasteiger partial charge < -0.3 is 14.4 Å². The van der Waals surface area contributed by atoms with Crippen molar-refractivity contribution < 1.29 is 14.6 Å². The number of methoxy groups -OCH3 is 1. The largest absolute Gasteiger partial charge is 0.478 e. The van der Waals surface area contributed by atoms with Crippen LogP contribution in [0.4, 0.5) is 0 Å². The van der Waals surface area contributed by atoms with Crippen molar-refractivity contribution in [3.8, 4) is 0 Å². The van der Waals surface area contributed by atoms with Gasteiger partial charge in [0, 0.05) is 30.8 Å². The molecule has 0 amide bonds. The van der Waals surface area contributed by atoms with Crippen molar-refractivity contribution in [2.45, 2.75) is 32.4 Å². The van der Waals surface area contributed by atoms with E-state index in [2.05, 4.69) is 18.4 Å². The maximum absolute atomic E-state index is 10.9. The Bertz CT molecular complexity index is 598. The van der Waals surface area contributed by atoms with Gasteiger partial charge in [-0.2, -0.15) is 0 Å². The Morgan fingerprint density at radius 3 is 2.74 bits per heavy atom. The Morgan fingerprint density at radius 1 is 1.37 bits per heavy atom. The van der Waals surface area contributed by atoms with Gasteiger partial charge in [0.25, 0.3) is 0 Å². The lowest BCUT2D eigenvalue weighted by molar-refractivity contribution is 0.0123. The molecule has 1 aromatic heterocycles. The number of ether oxygens (including phenoxy) is 1. The summed E-state index contributed by atoms with van der Waals surface area (Å²) in [6.07, 6.45) is 2.88. The molecule has 102 valence electrons. The monoisotopic (exact) mass is 261 g/mol. The maximum atomic E-state index is 10.9. The van der Waals surface area contributed by atoms with Crippen LogP contribution in [-0.2, 0) is 11.3 Å². The number of carboxylic acids is 1. The number of aromatic nitrogens is 1. The average molecular weight is 261 g/mol. The lowest BCUT2D eigenvalue weighted by atomic mass is 10.1. The molecule has 4 nitrogen and oxygen atoms in total. The van der Waals surface area contributed by atoms with Crippen molar-refractivity contribution in [1.82, 2.24) is 4.57 Å². The van der Waals surface area contributed by atoms with Gasteiger partial charge in [-0.15, -0.1) is 0 Å². The molecule has 0 aliphatic rings. The van der Waals surface area contributed by atoms with E-state index in [1.165, 1.54) is 0 Å². The van der Waals surface area contributed by atoms with Gasteiger partial charge in [0.2, 0.25) is 0 Å². The molecule has 2 rings (SSSR count). The van der Waals surface area contributed by atoms with Gasteiger partial charge in [0.05, 0.1) is 11.2 Å². The Balaban J connectivity index is 2.24. The lowest BCUT2D eigenvalue weighted by Gasteiger charge is -2.23. The Morgan fingerprint density at radius 2 is 2.11 bits per heavy atom. The second-order valence-corrected chi connectivity index (χ2v) is 5.30. The van der Waals surface area contributed by atoms with Gasteiger partial charge in [0.15, 0.2) is 0 Å². The van der Waals surface area contributed by atoms with Crippen LogP contribution in [0.1, 0.15) is 30.6 Å². The van der Waals surface area contributed by atoms with Crippen LogP contribution >= 0.6 is 0 Å². The molecule has 0 fully saturated rings. The van der Waals surface area contributed by atoms with E-state index in [0.29, 0.717) is 5.56 Å². The van der Waals surface area contributed by atoms with Crippen molar-refractivity contribution in [2.24, 2.45) is 0 Å². The number of nitrogens with zero attached hydrogens (tertiary/aromatic N) is 1. The average Bonchev–Trinajstić information content (AvgIpc) is 2.78. The highest BCUT2D eigenvalue weighted by Crippen LogP contribution is 2.21. The van der Waals surface area contributed by atoms with E-state index in [1.807, 2.05) is 18.3 Å². The molecule has 4 heteroatoms. The van der Waals surface area contributed by atoms with Crippen LogP contribution in [0.15, 0.2) is 30.5 Å². The van der Waals surface area contributed by atoms with E-state index in [9.17, 15) is 4.79 Å². The molecule has 0 bridgehead atoms. The molecule has 0 saturated carbocycles.